The third kappa shape index (κ3) is 4.37. The zero-order chi connectivity index (χ0) is 14.2. The summed E-state index contributed by atoms with van der Waals surface area (Å²) in [5.41, 5.74) is 5.83. The molecule has 2 rings (SSSR count). The van der Waals surface area contributed by atoms with Gasteiger partial charge >= 0.3 is 0 Å². The molecule has 0 heterocycles. The van der Waals surface area contributed by atoms with Crippen molar-refractivity contribution in [2.24, 2.45) is 0 Å². The van der Waals surface area contributed by atoms with Crippen molar-refractivity contribution in [1.29, 1.82) is 0 Å². The van der Waals surface area contributed by atoms with Crippen molar-refractivity contribution in [2.45, 2.75) is 6.42 Å². The third-order valence-corrected chi connectivity index (χ3v) is 3.08. The largest absolute Gasteiger partial charge is 0.309 e. The van der Waals surface area contributed by atoms with Gasteiger partial charge in [0.25, 0.3) is 0 Å². The second-order valence-corrected chi connectivity index (χ2v) is 5.07. The van der Waals surface area contributed by atoms with E-state index in [0.717, 1.165) is 30.9 Å². The number of nitrogens with zero attached hydrogens (tertiary/aromatic N) is 2. The lowest BCUT2D eigenvalue weighted by Crippen LogP contribution is -2.35. The van der Waals surface area contributed by atoms with Gasteiger partial charge in [0.15, 0.2) is 0 Å². The van der Waals surface area contributed by atoms with Gasteiger partial charge in [0, 0.05) is 6.54 Å². The summed E-state index contributed by atoms with van der Waals surface area (Å²) in [6.45, 7) is 2.03. The molecule has 0 aromatic heterocycles. The highest BCUT2D eigenvalue weighted by Crippen LogP contribution is 2.22. The number of benzene rings is 2. The first-order valence-electron chi connectivity index (χ1n) is 7.06. The highest BCUT2D eigenvalue weighted by atomic mass is 15.5. The average Bonchev–Trinajstić information content (AvgIpc) is 2.49. The van der Waals surface area contributed by atoms with Crippen LogP contribution < -0.4 is 10.4 Å². The summed E-state index contributed by atoms with van der Waals surface area (Å²) in [6.07, 6.45) is 1.11. The van der Waals surface area contributed by atoms with E-state index in [2.05, 4.69) is 78.0 Å². The molecule has 0 aliphatic carbocycles. The zero-order valence-corrected chi connectivity index (χ0v) is 12.3. The van der Waals surface area contributed by atoms with Crippen LogP contribution >= 0.6 is 0 Å². The van der Waals surface area contributed by atoms with Crippen molar-refractivity contribution < 1.29 is 0 Å². The number of hydrazine groups is 1. The standard InChI is InChI=1S/C17H23N3/c1-19(2)15-9-14-18-20(16-10-5-3-6-11-16)17-12-7-4-8-13-17/h3-8,10-13,18H,9,14-15H2,1-2H3. The summed E-state index contributed by atoms with van der Waals surface area (Å²) in [7, 11) is 4.21. The fraction of sp³-hybridized carbons (Fsp3) is 0.294. The Morgan fingerprint density at radius 2 is 1.30 bits per heavy atom. The van der Waals surface area contributed by atoms with E-state index in [9.17, 15) is 0 Å². The second kappa shape index (κ2) is 7.68. The molecular formula is C17H23N3. The van der Waals surface area contributed by atoms with Gasteiger partial charge < -0.3 is 4.90 Å². The molecule has 20 heavy (non-hydrogen) atoms. The van der Waals surface area contributed by atoms with Crippen LogP contribution in [0.3, 0.4) is 0 Å². The van der Waals surface area contributed by atoms with Gasteiger partial charge in [-0.25, -0.2) is 5.43 Å². The van der Waals surface area contributed by atoms with Gasteiger partial charge in [0.05, 0.1) is 11.4 Å². The topological polar surface area (TPSA) is 18.5 Å². The Labute approximate surface area is 121 Å². The molecule has 3 nitrogen and oxygen atoms in total. The van der Waals surface area contributed by atoms with E-state index < -0.39 is 0 Å². The molecule has 0 atom stereocenters. The van der Waals surface area contributed by atoms with Crippen LogP contribution in [0, 0.1) is 0 Å². The van der Waals surface area contributed by atoms with Crippen LogP contribution in [0.4, 0.5) is 11.4 Å². The van der Waals surface area contributed by atoms with Gasteiger partial charge in [-0.05, 0) is 51.3 Å². The number of rotatable bonds is 7. The Hall–Kier alpha value is -1.84. The van der Waals surface area contributed by atoms with E-state index in [1.54, 1.807) is 0 Å². The Kier molecular flexibility index (Phi) is 5.59. The van der Waals surface area contributed by atoms with Crippen LogP contribution in [0.25, 0.3) is 0 Å². The van der Waals surface area contributed by atoms with E-state index in [-0.39, 0.29) is 0 Å². The van der Waals surface area contributed by atoms with Crippen LogP contribution in [-0.4, -0.2) is 32.1 Å². The smallest absolute Gasteiger partial charge is 0.0577 e. The Morgan fingerprint density at radius 1 is 0.800 bits per heavy atom. The van der Waals surface area contributed by atoms with Crippen molar-refractivity contribution in [3.8, 4) is 0 Å². The molecule has 0 unspecified atom stereocenters. The molecule has 0 saturated carbocycles. The first-order chi connectivity index (χ1) is 9.77. The van der Waals surface area contributed by atoms with Crippen molar-refractivity contribution in [1.82, 2.24) is 10.3 Å². The number of anilines is 2. The Balaban J connectivity index is 2.06. The molecule has 2 aromatic carbocycles. The average molecular weight is 269 g/mol. The lowest BCUT2D eigenvalue weighted by Gasteiger charge is -2.26. The van der Waals surface area contributed by atoms with E-state index in [0.29, 0.717) is 0 Å². The van der Waals surface area contributed by atoms with Crippen LogP contribution in [0.15, 0.2) is 60.7 Å². The van der Waals surface area contributed by atoms with Gasteiger partial charge in [0.2, 0.25) is 0 Å². The predicted molar refractivity (Wildman–Crippen MR) is 86.2 cm³/mol. The van der Waals surface area contributed by atoms with Crippen molar-refractivity contribution in [3.05, 3.63) is 60.7 Å². The summed E-state index contributed by atoms with van der Waals surface area (Å²) in [6, 6.07) is 20.8. The molecule has 0 bridgehead atoms. The van der Waals surface area contributed by atoms with Crippen LogP contribution in [0.5, 0.6) is 0 Å². The molecule has 0 fully saturated rings. The molecule has 0 amide bonds. The molecule has 0 spiro atoms. The normalized spacial score (nSPS) is 10.8. The van der Waals surface area contributed by atoms with Crippen LogP contribution in [-0.2, 0) is 0 Å². The fourth-order valence-electron chi connectivity index (χ4n) is 2.07. The van der Waals surface area contributed by atoms with Gasteiger partial charge in [-0.1, -0.05) is 36.4 Å². The predicted octanol–water partition coefficient (Wildman–Crippen LogP) is 3.28. The van der Waals surface area contributed by atoms with E-state index in [1.807, 2.05) is 12.1 Å². The Bertz CT molecular complexity index is 443. The number of hydrogen-bond acceptors (Lipinski definition) is 3. The molecular weight excluding hydrogens is 246 g/mol. The summed E-state index contributed by atoms with van der Waals surface area (Å²) in [4.78, 5) is 2.21. The van der Waals surface area contributed by atoms with E-state index >= 15 is 0 Å². The van der Waals surface area contributed by atoms with Crippen LogP contribution in [0.1, 0.15) is 6.42 Å². The highest BCUT2D eigenvalue weighted by molar-refractivity contribution is 5.61. The van der Waals surface area contributed by atoms with Crippen LogP contribution in [0.2, 0.25) is 0 Å². The lowest BCUT2D eigenvalue weighted by molar-refractivity contribution is 0.395. The maximum absolute atomic E-state index is 3.51. The maximum atomic E-state index is 3.51. The third-order valence-electron chi connectivity index (χ3n) is 3.08. The maximum Gasteiger partial charge on any atom is 0.0577 e. The van der Waals surface area contributed by atoms with Crippen molar-refractivity contribution in [3.63, 3.8) is 0 Å². The van der Waals surface area contributed by atoms with Crippen molar-refractivity contribution >= 4 is 11.4 Å². The Morgan fingerprint density at radius 3 is 1.75 bits per heavy atom. The highest BCUT2D eigenvalue weighted by Gasteiger charge is 2.07. The molecule has 0 aliphatic heterocycles. The number of para-hydroxylation sites is 2. The lowest BCUT2D eigenvalue weighted by atomic mass is 10.2. The number of hydrogen-bond donors (Lipinski definition) is 1. The first-order valence-corrected chi connectivity index (χ1v) is 7.06. The number of nitrogens with one attached hydrogen (secondary N) is 1. The minimum absolute atomic E-state index is 0.946. The SMILES string of the molecule is CN(C)CCCNN(c1ccccc1)c1ccccc1. The van der Waals surface area contributed by atoms with Gasteiger partial charge in [-0.15, -0.1) is 0 Å². The van der Waals surface area contributed by atoms with Crippen molar-refractivity contribution in [2.75, 3.05) is 32.2 Å². The summed E-state index contributed by atoms with van der Waals surface area (Å²) in [5, 5.41) is 2.15. The molecule has 3 heteroatoms. The zero-order valence-electron chi connectivity index (χ0n) is 12.3. The molecule has 0 saturated heterocycles. The van der Waals surface area contributed by atoms with E-state index in [4.69, 9.17) is 0 Å². The quantitative estimate of drug-likeness (QED) is 0.615. The molecule has 0 radical (unpaired) electrons. The minimum Gasteiger partial charge on any atom is -0.309 e. The first kappa shape index (κ1) is 14.6. The minimum atomic E-state index is 0.946. The van der Waals surface area contributed by atoms with E-state index in [1.165, 1.54) is 0 Å². The summed E-state index contributed by atoms with van der Waals surface area (Å²) >= 11 is 0. The fourth-order valence-corrected chi connectivity index (χ4v) is 2.07. The summed E-state index contributed by atoms with van der Waals surface area (Å²) in [5.74, 6) is 0. The monoisotopic (exact) mass is 269 g/mol. The van der Waals surface area contributed by atoms with Gasteiger partial charge in [0.1, 0.15) is 0 Å². The molecule has 2 aromatic rings. The second-order valence-electron chi connectivity index (χ2n) is 5.07. The summed E-state index contributed by atoms with van der Waals surface area (Å²) < 4.78 is 0. The van der Waals surface area contributed by atoms with Gasteiger partial charge in [-0.3, -0.25) is 5.01 Å². The molecule has 1 N–H and O–H groups in total. The molecule has 0 aliphatic rings. The van der Waals surface area contributed by atoms with Gasteiger partial charge in [-0.2, -0.15) is 0 Å². The molecule has 106 valence electrons.